The van der Waals surface area contributed by atoms with E-state index in [-0.39, 0.29) is 0 Å². The van der Waals surface area contributed by atoms with Gasteiger partial charge in [0.2, 0.25) is 0 Å². The largest absolute Gasteiger partial charge is 0.497 e. The molecule has 2 fully saturated rings. The maximum Gasteiger partial charge on any atom is 0.119 e. The van der Waals surface area contributed by atoms with Gasteiger partial charge in [-0.15, -0.1) is 0 Å². The van der Waals surface area contributed by atoms with Crippen molar-refractivity contribution < 1.29 is 9.15 Å². The summed E-state index contributed by atoms with van der Waals surface area (Å²) >= 11 is 0. The number of aryl methyl sites for hydroxylation is 2. The van der Waals surface area contributed by atoms with Gasteiger partial charge in [0.05, 0.1) is 13.7 Å². The number of furan rings is 1. The minimum absolute atomic E-state index is 0.670. The molecule has 5 nitrogen and oxygen atoms in total. The summed E-state index contributed by atoms with van der Waals surface area (Å²) < 4.78 is 11.2. The number of piperazine rings is 1. The van der Waals surface area contributed by atoms with Crippen LogP contribution in [0.3, 0.4) is 0 Å². The molecule has 1 aromatic carbocycles. The minimum atomic E-state index is 0.670. The summed E-state index contributed by atoms with van der Waals surface area (Å²) in [5, 5.41) is 0. The highest BCUT2D eigenvalue weighted by Crippen LogP contribution is 2.24. The highest BCUT2D eigenvalue weighted by molar-refractivity contribution is 5.49. The summed E-state index contributed by atoms with van der Waals surface area (Å²) in [5.74, 6) is 3.09. The molecule has 0 aliphatic carbocycles. The number of benzene rings is 1. The Morgan fingerprint density at radius 1 is 1.04 bits per heavy atom. The van der Waals surface area contributed by atoms with E-state index in [2.05, 4.69) is 58.9 Å². The first-order chi connectivity index (χ1) is 13.6. The normalized spacial score (nSPS) is 21.8. The van der Waals surface area contributed by atoms with Crippen molar-refractivity contribution >= 4 is 5.69 Å². The zero-order valence-electron chi connectivity index (χ0n) is 17.5. The van der Waals surface area contributed by atoms with Gasteiger partial charge in [-0.2, -0.15) is 0 Å². The summed E-state index contributed by atoms with van der Waals surface area (Å²) in [6, 6.07) is 11.3. The van der Waals surface area contributed by atoms with Crippen LogP contribution in [0.15, 0.2) is 34.7 Å². The van der Waals surface area contributed by atoms with E-state index < -0.39 is 0 Å². The van der Waals surface area contributed by atoms with Crippen LogP contribution in [0.5, 0.6) is 5.75 Å². The molecule has 4 rings (SSSR count). The first-order valence-electron chi connectivity index (χ1n) is 10.5. The lowest BCUT2D eigenvalue weighted by Gasteiger charge is -2.43. The SMILES string of the molecule is COc1ccc(N2CCN([C@H]3CCCN(Cc4cc(C)c(C)o4)C3)CC2)cc1. The maximum absolute atomic E-state index is 5.91. The third-order valence-corrected chi connectivity index (χ3v) is 6.35. The smallest absolute Gasteiger partial charge is 0.119 e. The summed E-state index contributed by atoms with van der Waals surface area (Å²) in [4.78, 5) is 7.76. The molecule has 1 aromatic heterocycles. The lowest BCUT2D eigenvalue weighted by molar-refractivity contribution is 0.0848. The van der Waals surface area contributed by atoms with E-state index in [9.17, 15) is 0 Å². The summed E-state index contributed by atoms with van der Waals surface area (Å²) in [7, 11) is 1.72. The Balaban J connectivity index is 1.30. The molecule has 0 spiro atoms. The third kappa shape index (κ3) is 4.36. The Morgan fingerprint density at radius 3 is 2.43 bits per heavy atom. The van der Waals surface area contributed by atoms with Crippen LogP contribution in [0.1, 0.15) is 29.9 Å². The lowest BCUT2D eigenvalue weighted by Crippen LogP contribution is -2.55. The van der Waals surface area contributed by atoms with E-state index >= 15 is 0 Å². The molecule has 0 bridgehead atoms. The fraction of sp³-hybridized carbons (Fsp3) is 0.565. The molecule has 1 atom stereocenters. The molecule has 5 heteroatoms. The van der Waals surface area contributed by atoms with Gasteiger partial charge in [-0.05, 0) is 69.1 Å². The van der Waals surface area contributed by atoms with Crippen molar-refractivity contribution in [2.75, 3.05) is 51.3 Å². The Labute approximate surface area is 168 Å². The minimum Gasteiger partial charge on any atom is -0.497 e. The van der Waals surface area contributed by atoms with Gasteiger partial charge in [-0.25, -0.2) is 0 Å². The van der Waals surface area contributed by atoms with Crippen LogP contribution in [0.25, 0.3) is 0 Å². The first-order valence-corrected chi connectivity index (χ1v) is 10.5. The second-order valence-corrected chi connectivity index (χ2v) is 8.20. The monoisotopic (exact) mass is 383 g/mol. The molecule has 0 amide bonds. The van der Waals surface area contributed by atoms with Crippen LogP contribution < -0.4 is 9.64 Å². The van der Waals surface area contributed by atoms with Gasteiger partial charge in [0.25, 0.3) is 0 Å². The molecule has 2 aromatic rings. The second-order valence-electron chi connectivity index (χ2n) is 8.20. The van der Waals surface area contributed by atoms with Crippen LogP contribution in [0.2, 0.25) is 0 Å². The molecule has 0 saturated carbocycles. The third-order valence-electron chi connectivity index (χ3n) is 6.35. The zero-order valence-corrected chi connectivity index (χ0v) is 17.5. The maximum atomic E-state index is 5.91. The molecule has 2 aliphatic heterocycles. The summed E-state index contributed by atoms with van der Waals surface area (Å²) in [6.45, 7) is 11.9. The number of hydrogen-bond acceptors (Lipinski definition) is 5. The number of piperidine rings is 1. The van der Waals surface area contributed by atoms with Crippen LogP contribution in [0, 0.1) is 13.8 Å². The number of hydrogen-bond donors (Lipinski definition) is 0. The quantitative estimate of drug-likeness (QED) is 0.786. The summed E-state index contributed by atoms with van der Waals surface area (Å²) in [6.07, 6.45) is 2.59. The predicted molar refractivity (Wildman–Crippen MR) is 113 cm³/mol. The van der Waals surface area contributed by atoms with Gasteiger partial charge in [0, 0.05) is 44.5 Å². The molecular formula is C23H33N3O2. The van der Waals surface area contributed by atoms with Crippen LogP contribution >= 0.6 is 0 Å². The number of anilines is 1. The Bertz CT molecular complexity index is 743. The molecule has 28 heavy (non-hydrogen) atoms. The fourth-order valence-electron chi connectivity index (χ4n) is 4.56. The molecular weight excluding hydrogens is 350 g/mol. The number of nitrogens with zero attached hydrogens (tertiary/aromatic N) is 3. The van der Waals surface area contributed by atoms with Crippen LogP contribution in [0.4, 0.5) is 5.69 Å². The Morgan fingerprint density at radius 2 is 1.79 bits per heavy atom. The van der Waals surface area contributed by atoms with Gasteiger partial charge < -0.3 is 14.1 Å². The fourth-order valence-corrected chi connectivity index (χ4v) is 4.56. The summed E-state index contributed by atoms with van der Waals surface area (Å²) in [5.41, 5.74) is 2.56. The standard InChI is InChI=1S/C23H33N3O2/c1-18-15-23(28-19(18)2)17-24-10-4-5-21(16-24)26-13-11-25(12-14-26)20-6-8-22(27-3)9-7-20/h6-9,15,21H,4-5,10-14,16-17H2,1-3H3/t21-/m0/s1. The van der Waals surface area contributed by atoms with Crippen molar-refractivity contribution in [3.05, 3.63) is 47.4 Å². The molecule has 2 saturated heterocycles. The van der Waals surface area contributed by atoms with Crippen molar-refractivity contribution in [1.29, 1.82) is 0 Å². The van der Waals surface area contributed by atoms with Crippen molar-refractivity contribution in [3.63, 3.8) is 0 Å². The number of rotatable bonds is 5. The zero-order chi connectivity index (χ0) is 19.5. The molecule has 0 radical (unpaired) electrons. The average molecular weight is 384 g/mol. The van der Waals surface area contributed by atoms with E-state index in [4.69, 9.17) is 9.15 Å². The van der Waals surface area contributed by atoms with Crippen LogP contribution in [-0.4, -0.2) is 62.2 Å². The van der Waals surface area contributed by atoms with Crippen LogP contribution in [-0.2, 0) is 6.54 Å². The van der Waals surface area contributed by atoms with Gasteiger partial charge in [-0.3, -0.25) is 9.80 Å². The first kappa shape index (κ1) is 19.3. The Kier molecular flexibility index (Phi) is 5.93. The molecule has 0 unspecified atom stereocenters. The number of likely N-dealkylation sites (tertiary alicyclic amines) is 1. The van der Waals surface area contributed by atoms with E-state index in [0.29, 0.717) is 6.04 Å². The van der Waals surface area contributed by atoms with E-state index in [1.54, 1.807) is 7.11 Å². The van der Waals surface area contributed by atoms with E-state index in [1.807, 2.05) is 0 Å². The van der Waals surface area contributed by atoms with E-state index in [1.165, 1.54) is 30.6 Å². The predicted octanol–water partition coefficient (Wildman–Crippen LogP) is 3.69. The van der Waals surface area contributed by atoms with Gasteiger partial charge in [0.15, 0.2) is 0 Å². The number of ether oxygens (including phenoxy) is 1. The molecule has 0 N–H and O–H groups in total. The second kappa shape index (κ2) is 8.58. The topological polar surface area (TPSA) is 32.1 Å². The van der Waals surface area contributed by atoms with Gasteiger partial charge in [-0.1, -0.05) is 0 Å². The van der Waals surface area contributed by atoms with Crippen molar-refractivity contribution in [2.45, 2.75) is 39.3 Å². The van der Waals surface area contributed by atoms with Crippen molar-refractivity contribution in [2.24, 2.45) is 0 Å². The molecule has 2 aliphatic rings. The highest BCUT2D eigenvalue weighted by atomic mass is 16.5. The highest BCUT2D eigenvalue weighted by Gasteiger charge is 2.28. The van der Waals surface area contributed by atoms with Gasteiger partial charge in [0.1, 0.15) is 17.3 Å². The van der Waals surface area contributed by atoms with Gasteiger partial charge >= 0.3 is 0 Å². The number of methoxy groups -OCH3 is 1. The van der Waals surface area contributed by atoms with Crippen molar-refractivity contribution in [3.8, 4) is 5.75 Å². The Hall–Kier alpha value is -1.98. The molecule has 152 valence electrons. The lowest BCUT2D eigenvalue weighted by atomic mass is 10.0. The molecule has 3 heterocycles. The van der Waals surface area contributed by atoms with Crippen molar-refractivity contribution in [1.82, 2.24) is 9.80 Å². The van der Waals surface area contributed by atoms with E-state index in [0.717, 1.165) is 56.5 Å². The average Bonchev–Trinajstić information content (AvgIpc) is 3.05.